The predicted molar refractivity (Wildman–Crippen MR) is 126 cm³/mol. The van der Waals surface area contributed by atoms with Gasteiger partial charge in [0.05, 0.1) is 12.2 Å². The molecule has 5 heteroatoms. The first-order chi connectivity index (χ1) is 16.4. The van der Waals surface area contributed by atoms with Gasteiger partial charge in [-0.15, -0.1) is 0 Å². The Morgan fingerprint density at radius 1 is 0.647 bits per heavy atom. The Hall–Kier alpha value is -3.62. The van der Waals surface area contributed by atoms with Crippen LogP contribution in [0.15, 0.2) is 66.7 Å². The molecule has 0 aliphatic rings. The number of hydrogen-bond acceptors (Lipinski definition) is 1. The molecule has 0 aliphatic carbocycles. The van der Waals surface area contributed by atoms with Crippen LogP contribution in [-0.2, 0) is 24.0 Å². The van der Waals surface area contributed by atoms with Gasteiger partial charge in [-0.2, -0.15) is 0 Å². The highest BCUT2D eigenvalue weighted by Gasteiger charge is 2.13. The van der Waals surface area contributed by atoms with Gasteiger partial charge >= 0.3 is 0 Å². The number of aryl methyl sites for hydroxylation is 2. The van der Waals surface area contributed by atoms with Gasteiger partial charge in [0.2, 0.25) is 0 Å². The van der Waals surface area contributed by atoms with Crippen molar-refractivity contribution >= 4 is 10.8 Å². The first kappa shape index (κ1) is 23.5. The highest BCUT2D eigenvalue weighted by atomic mass is 19.2. The molecule has 4 rings (SSSR count). The van der Waals surface area contributed by atoms with Crippen molar-refractivity contribution in [1.82, 2.24) is 0 Å². The molecule has 0 atom stereocenters. The molecule has 0 N–H and O–H groups in total. The van der Waals surface area contributed by atoms with Gasteiger partial charge in [-0.05, 0) is 71.7 Å². The number of fused-ring (bicyclic) bond motifs is 1. The fourth-order valence-electron chi connectivity index (χ4n) is 3.72. The third kappa shape index (κ3) is 5.47. The Bertz CT molecular complexity index is 1380. The number of rotatable bonds is 6. The zero-order valence-corrected chi connectivity index (χ0v) is 18.6. The van der Waals surface area contributed by atoms with Gasteiger partial charge < -0.3 is 4.74 Å². The molecular formula is C29H22F4O. The molecule has 0 aliphatic heterocycles. The Morgan fingerprint density at radius 3 is 2.03 bits per heavy atom. The van der Waals surface area contributed by atoms with E-state index in [1.165, 1.54) is 35.4 Å². The lowest BCUT2D eigenvalue weighted by Crippen LogP contribution is -1.96. The van der Waals surface area contributed by atoms with Gasteiger partial charge in [0.15, 0.2) is 17.5 Å². The van der Waals surface area contributed by atoms with Crippen molar-refractivity contribution in [2.75, 3.05) is 13.7 Å². The van der Waals surface area contributed by atoms with Gasteiger partial charge in [-0.3, -0.25) is 0 Å². The van der Waals surface area contributed by atoms with Gasteiger partial charge in [-0.1, -0.05) is 48.2 Å². The molecule has 0 heterocycles. The van der Waals surface area contributed by atoms with Crippen LogP contribution in [0, 0.1) is 35.1 Å². The summed E-state index contributed by atoms with van der Waals surface area (Å²) in [5, 5.41) is 0.148. The summed E-state index contributed by atoms with van der Waals surface area (Å²) in [6.07, 6.45) is 2.36. The third-order valence-corrected chi connectivity index (χ3v) is 5.67. The average molecular weight is 462 g/mol. The van der Waals surface area contributed by atoms with Crippen LogP contribution in [-0.4, -0.2) is 13.7 Å². The molecule has 4 aromatic rings. The normalized spacial score (nSPS) is 10.9. The zero-order chi connectivity index (χ0) is 24.1. The zero-order valence-electron chi connectivity index (χ0n) is 18.6. The van der Waals surface area contributed by atoms with Crippen LogP contribution in [0.3, 0.4) is 0 Å². The van der Waals surface area contributed by atoms with E-state index in [0.29, 0.717) is 18.6 Å². The van der Waals surface area contributed by atoms with E-state index in [2.05, 4.69) is 36.1 Å². The maximum absolute atomic E-state index is 14.6. The number of ether oxygens (including phenoxy) is 1. The van der Waals surface area contributed by atoms with Crippen LogP contribution >= 0.6 is 0 Å². The van der Waals surface area contributed by atoms with Crippen molar-refractivity contribution in [1.29, 1.82) is 0 Å². The molecule has 0 saturated heterocycles. The number of hydrogen-bond donors (Lipinski definition) is 0. The van der Waals surface area contributed by atoms with Crippen molar-refractivity contribution in [3.63, 3.8) is 0 Å². The number of halogens is 4. The number of benzene rings is 4. The molecule has 0 amide bonds. The first-order valence-electron chi connectivity index (χ1n) is 10.9. The smallest absolute Gasteiger partial charge is 0.195 e. The highest BCUT2D eigenvalue weighted by Crippen LogP contribution is 2.24. The Balaban J connectivity index is 1.44. The summed E-state index contributed by atoms with van der Waals surface area (Å²) < 4.78 is 60.5. The molecule has 1 nitrogen and oxygen atoms in total. The minimum Gasteiger partial charge on any atom is -0.384 e. The van der Waals surface area contributed by atoms with Crippen molar-refractivity contribution in [2.45, 2.75) is 19.3 Å². The van der Waals surface area contributed by atoms with Gasteiger partial charge in [0.1, 0.15) is 5.82 Å². The van der Waals surface area contributed by atoms with Crippen LogP contribution < -0.4 is 0 Å². The van der Waals surface area contributed by atoms with Crippen LogP contribution in [0.2, 0.25) is 0 Å². The highest BCUT2D eigenvalue weighted by molar-refractivity contribution is 5.84. The van der Waals surface area contributed by atoms with Crippen molar-refractivity contribution in [3.8, 4) is 11.8 Å². The minimum atomic E-state index is -1.51. The van der Waals surface area contributed by atoms with Gasteiger partial charge in [-0.25, -0.2) is 17.6 Å². The Labute approximate surface area is 196 Å². The summed E-state index contributed by atoms with van der Waals surface area (Å²) in [5.41, 5.74) is 3.92. The lowest BCUT2D eigenvalue weighted by atomic mass is 10.0. The molecular weight excluding hydrogens is 440 g/mol. The molecule has 34 heavy (non-hydrogen) atoms. The van der Waals surface area contributed by atoms with E-state index in [1.54, 1.807) is 13.2 Å². The van der Waals surface area contributed by atoms with E-state index in [1.807, 2.05) is 6.07 Å². The maximum Gasteiger partial charge on any atom is 0.195 e. The van der Waals surface area contributed by atoms with Crippen molar-refractivity contribution < 1.29 is 22.3 Å². The summed E-state index contributed by atoms with van der Waals surface area (Å²) >= 11 is 0. The molecule has 0 bridgehead atoms. The SMILES string of the molecule is COCCc1ccc(CCc2ccc(C#Cc3ccc4c(F)c(F)c(F)cc4c3)c(F)c2)cc1. The van der Waals surface area contributed by atoms with Crippen molar-refractivity contribution in [2.24, 2.45) is 0 Å². The maximum atomic E-state index is 14.6. The fourth-order valence-corrected chi connectivity index (χ4v) is 3.72. The molecule has 172 valence electrons. The molecule has 4 aromatic carbocycles. The van der Waals surface area contributed by atoms with Crippen LogP contribution in [0.5, 0.6) is 0 Å². The van der Waals surface area contributed by atoms with E-state index in [4.69, 9.17) is 4.74 Å². The van der Waals surface area contributed by atoms with E-state index in [9.17, 15) is 17.6 Å². The molecule has 0 unspecified atom stereocenters. The summed E-state index contributed by atoms with van der Waals surface area (Å²) in [5.74, 6) is 1.13. The fraction of sp³-hybridized carbons (Fsp3) is 0.172. The third-order valence-electron chi connectivity index (χ3n) is 5.67. The average Bonchev–Trinajstić information content (AvgIpc) is 2.84. The topological polar surface area (TPSA) is 9.23 Å². The molecule has 0 spiro atoms. The lowest BCUT2D eigenvalue weighted by molar-refractivity contribution is 0.202. The Morgan fingerprint density at radius 2 is 1.32 bits per heavy atom. The minimum absolute atomic E-state index is 0.0374. The molecule has 0 fully saturated rings. The predicted octanol–water partition coefficient (Wildman–Crippen LogP) is 6.77. The largest absolute Gasteiger partial charge is 0.384 e. The van der Waals surface area contributed by atoms with Crippen molar-refractivity contribution in [3.05, 3.63) is 118 Å². The van der Waals surface area contributed by atoms with E-state index >= 15 is 0 Å². The quantitative estimate of drug-likeness (QED) is 0.175. The second kappa shape index (κ2) is 10.5. The second-order valence-corrected chi connectivity index (χ2v) is 8.05. The standard InChI is InChI=1S/C29H22F4O/c1-34-15-14-20-4-2-19(3-5-20)6-7-22-9-12-23(26(30)17-22)11-8-21-10-13-25-24(16-21)18-27(31)29(33)28(25)32/h2-5,9-10,12-13,16-18H,6-7,14-15H2,1H3. The van der Waals surface area contributed by atoms with Gasteiger partial charge in [0.25, 0.3) is 0 Å². The van der Waals surface area contributed by atoms with Crippen LogP contribution in [0.1, 0.15) is 27.8 Å². The molecule has 0 saturated carbocycles. The lowest BCUT2D eigenvalue weighted by Gasteiger charge is -2.06. The summed E-state index contributed by atoms with van der Waals surface area (Å²) in [6, 6.07) is 18.5. The van der Waals surface area contributed by atoms with E-state index < -0.39 is 23.3 Å². The summed E-state index contributed by atoms with van der Waals surface area (Å²) in [6.45, 7) is 0.686. The van der Waals surface area contributed by atoms with Gasteiger partial charge in [0, 0.05) is 18.1 Å². The summed E-state index contributed by atoms with van der Waals surface area (Å²) in [7, 11) is 1.68. The van der Waals surface area contributed by atoms with E-state index in [-0.39, 0.29) is 16.3 Å². The summed E-state index contributed by atoms with van der Waals surface area (Å²) in [4.78, 5) is 0. The second-order valence-electron chi connectivity index (χ2n) is 8.05. The number of methoxy groups -OCH3 is 1. The monoisotopic (exact) mass is 462 g/mol. The van der Waals surface area contributed by atoms with E-state index in [0.717, 1.165) is 24.5 Å². The molecule has 0 radical (unpaired) electrons. The van der Waals surface area contributed by atoms with Crippen LogP contribution in [0.25, 0.3) is 10.8 Å². The first-order valence-corrected chi connectivity index (χ1v) is 10.9. The molecule has 0 aromatic heterocycles. The Kier molecular flexibility index (Phi) is 7.30. The van der Waals surface area contributed by atoms with Crippen LogP contribution in [0.4, 0.5) is 17.6 Å².